The van der Waals surface area contributed by atoms with Gasteiger partial charge in [0.25, 0.3) is 0 Å². The summed E-state index contributed by atoms with van der Waals surface area (Å²) in [7, 11) is 0. The Morgan fingerprint density at radius 1 is 1.16 bits per heavy atom. The lowest BCUT2D eigenvalue weighted by Gasteiger charge is -2.32. The Balaban J connectivity index is 1.50. The van der Waals surface area contributed by atoms with Crippen LogP contribution in [-0.4, -0.2) is 36.0 Å². The molecule has 3 amide bonds. The molecule has 2 aliphatic rings. The quantitative estimate of drug-likeness (QED) is 0.830. The van der Waals surface area contributed by atoms with Crippen molar-refractivity contribution in [3.8, 4) is 0 Å². The highest BCUT2D eigenvalue weighted by molar-refractivity contribution is 5.93. The van der Waals surface area contributed by atoms with E-state index in [1.165, 1.54) is 18.4 Å². The van der Waals surface area contributed by atoms with Crippen LogP contribution in [0.5, 0.6) is 0 Å². The number of carbonyl (C=O) groups is 2. The molecule has 1 aromatic rings. The van der Waals surface area contributed by atoms with E-state index in [4.69, 9.17) is 0 Å². The summed E-state index contributed by atoms with van der Waals surface area (Å²) in [5.74, 6) is -0.108. The van der Waals surface area contributed by atoms with Gasteiger partial charge in [-0.2, -0.15) is 0 Å². The van der Waals surface area contributed by atoms with E-state index < -0.39 is 0 Å². The second-order valence-electron chi connectivity index (χ2n) is 7.30. The fraction of sp³-hybridized carbons (Fsp3) is 0.600. The van der Waals surface area contributed by atoms with E-state index in [0.29, 0.717) is 12.6 Å². The van der Waals surface area contributed by atoms with Crippen LogP contribution in [0.2, 0.25) is 0 Å². The van der Waals surface area contributed by atoms with Crippen LogP contribution in [0.4, 0.5) is 10.5 Å². The SMILES string of the molecule is CCCCc1ccc(NC(=O)C2CCCN(C(=O)NC3CC3)C2)cc1. The molecule has 2 N–H and O–H groups in total. The van der Waals surface area contributed by atoms with Crippen LogP contribution in [0, 0.1) is 5.92 Å². The van der Waals surface area contributed by atoms with Crippen molar-refractivity contribution >= 4 is 17.6 Å². The van der Waals surface area contributed by atoms with E-state index in [2.05, 4.69) is 29.7 Å². The van der Waals surface area contributed by atoms with Crippen LogP contribution >= 0.6 is 0 Å². The zero-order valence-electron chi connectivity index (χ0n) is 15.1. The average molecular weight is 343 g/mol. The van der Waals surface area contributed by atoms with Crippen molar-refractivity contribution < 1.29 is 9.59 Å². The van der Waals surface area contributed by atoms with Crippen molar-refractivity contribution in [3.63, 3.8) is 0 Å². The number of likely N-dealkylation sites (tertiary alicyclic amines) is 1. The highest BCUT2D eigenvalue weighted by Gasteiger charge is 2.31. The molecule has 0 radical (unpaired) electrons. The standard InChI is InChI=1S/C20H29N3O2/c1-2-3-5-15-7-9-17(10-8-15)21-19(24)16-6-4-13-23(14-16)20(25)22-18-11-12-18/h7-10,16,18H,2-6,11-14H2,1H3,(H,21,24)(H,22,25). The van der Waals surface area contributed by atoms with E-state index in [-0.39, 0.29) is 17.9 Å². The molecule has 1 heterocycles. The molecule has 3 rings (SSSR count). The normalized spacial score (nSPS) is 20.2. The summed E-state index contributed by atoms with van der Waals surface area (Å²) in [4.78, 5) is 26.5. The number of nitrogens with zero attached hydrogens (tertiary/aromatic N) is 1. The maximum Gasteiger partial charge on any atom is 0.317 e. The van der Waals surface area contributed by atoms with Gasteiger partial charge < -0.3 is 15.5 Å². The molecular weight excluding hydrogens is 314 g/mol. The summed E-state index contributed by atoms with van der Waals surface area (Å²) in [6.07, 6.45) is 7.34. The molecule has 1 aliphatic carbocycles. The molecule has 2 fully saturated rings. The first-order valence-electron chi connectivity index (χ1n) is 9.61. The number of rotatable bonds is 6. The van der Waals surface area contributed by atoms with E-state index in [9.17, 15) is 9.59 Å². The molecule has 0 bridgehead atoms. The minimum absolute atomic E-state index is 0.0136. The van der Waals surface area contributed by atoms with Crippen LogP contribution in [-0.2, 0) is 11.2 Å². The molecule has 1 saturated carbocycles. The van der Waals surface area contributed by atoms with Crippen LogP contribution < -0.4 is 10.6 Å². The summed E-state index contributed by atoms with van der Waals surface area (Å²) >= 11 is 0. The number of urea groups is 1. The molecule has 1 aromatic carbocycles. The number of piperidine rings is 1. The summed E-state index contributed by atoms with van der Waals surface area (Å²) in [5.41, 5.74) is 2.14. The lowest BCUT2D eigenvalue weighted by molar-refractivity contribution is -0.121. The Hall–Kier alpha value is -2.04. The molecule has 1 atom stereocenters. The van der Waals surface area contributed by atoms with Gasteiger partial charge in [0.2, 0.25) is 5.91 Å². The maximum absolute atomic E-state index is 12.6. The Kier molecular flexibility index (Phi) is 5.95. The van der Waals surface area contributed by atoms with Crippen molar-refractivity contribution in [2.24, 2.45) is 5.92 Å². The van der Waals surface area contributed by atoms with Gasteiger partial charge in [-0.3, -0.25) is 4.79 Å². The van der Waals surface area contributed by atoms with Gasteiger partial charge in [-0.05, 0) is 56.2 Å². The monoisotopic (exact) mass is 343 g/mol. The van der Waals surface area contributed by atoms with Gasteiger partial charge in [0.1, 0.15) is 0 Å². The van der Waals surface area contributed by atoms with Crippen LogP contribution in [0.3, 0.4) is 0 Å². The van der Waals surface area contributed by atoms with E-state index >= 15 is 0 Å². The number of unbranched alkanes of at least 4 members (excludes halogenated alkanes) is 1. The van der Waals surface area contributed by atoms with Gasteiger partial charge in [-0.1, -0.05) is 25.5 Å². The van der Waals surface area contributed by atoms with Crippen molar-refractivity contribution in [1.82, 2.24) is 10.2 Å². The Morgan fingerprint density at radius 2 is 1.92 bits per heavy atom. The van der Waals surface area contributed by atoms with Gasteiger partial charge in [0.05, 0.1) is 5.92 Å². The summed E-state index contributed by atoms with van der Waals surface area (Å²) in [6, 6.07) is 8.46. The molecule has 0 aromatic heterocycles. The highest BCUT2D eigenvalue weighted by atomic mass is 16.2. The largest absolute Gasteiger partial charge is 0.335 e. The fourth-order valence-electron chi connectivity index (χ4n) is 3.25. The first-order valence-corrected chi connectivity index (χ1v) is 9.61. The zero-order chi connectivity index (χ0) is 17.6. The number of amides is 3. The third-order valence-corrected chi connectivity index (χ3v) is 5.02. The lowest BCUT2D eigenvalue weighted by atomic mass is 9.97. The highest BCUT2D eigenvalue weighted by Crippen LogP contribution is 2.22. The number of benzene rings is 1. The minimum atomic E-state index is -0.126. The second-order valence-corrected chi connectivity index (χ2v) is 7.30. The third kappa shape index (κ3) is 5.21. The lowest BCUT2D eigenvalue weighted by Crippen LogP contribution is -2.48. The number of anilines is 1. The molecule has 25 heavy (non-hydrogen) atoms. The smallest absolute Gasteiger partial charge is 0.317 e. The van der Waals surface area contributed by atoms with Gasteiger partial charge in [0, 0.05) is 24.8 Å². The molecule has 1 unspecified atom stereocenters. The molecular formula is C20H29N3O2. The van der Waals surface area contributed by atoms with Crippen molar-refractivity contribution in [3.05, 3.63) is 29.8 Å². The number of carbonyl (C=O) groups excluding carboxylic acids is 2. The predicted octanol–water partition coefficient (Wildman–Crippen LogP) is 3.55. The summed E-state index contributed by atoms with van der Waals surface area (Å²) in [6.45, 7) is 3.44. The van der Waals surface area contributed by atoms with Crippen LogP contribution in [0.25, 0.3) is 0 Å². The van der Waals surface area contributed by atoms with E-state index in [1.54, 1.807) is 4.90 Å². The topological polar surface area (TPSA) is 61.4 Å². The van der Waals surface area contributed by atoms with E-state index in [0.717, 1.165) is 44.3 Å². The Bertz CT molecular complexity index is 595. The predicted molar refractivity (Wildman–Crippen MR) is 99.5 cm³/mol. The fourth-order valence-corrected chi connectivity index (χ4v) is 3.25. The van der Waals surface area contributed by atoms with Crippen LogP contribution in [0.15, 0.2) is 24.3 Å². The van der Waals surface area contributed by atoms with Crippen molar-refractivity contribution in [1.29, 1.82) is 0 Å². The van der Waals surface area contributed by atoms with Crippen molar-refractivity contribution in [2.75, 3.05) is 18.4 Å². The Morgan fingerprint density at radius 3 is 2.60 bits per heavy atom. The summed E-state index contributed by atoms with van der Waals surface area (Å²) in [5, 5.41) is 6.02. The van der Waals surface area contributed by atoms with Gasteiger partial charge in [-0.15, -0.1) is 0 Å². The molecule has 5 heteroatoms. The number of hydrogen-bond donors (Lipinski definition) is 2. The maximum atomic E-state index is 12.6. The number of nitrogens with one attached hydrogen (secondary N) is 2. The zero-order valence-corrected chi connectivity index (χ0v) is 15.1. The first-order chi connectivity index (χ1) is 12.2. The molecule has 5 nitrogen and oxygen atoms in total. The average Bonchev–Trinajstić information content (AvgIpc) is 3.45. The number of aryl methyl sites for hydroxylation is 1. The Labute approximate surface area is 150 Å². The number of hydrogen-bond acceptors (Lipinski definition) is 2. The van der Waals surface area contributed by atoms with Gasteiger partial charge in [0.15, 0.2) is 0 Å². The van der Waals surface area contributed by atoms with Gasteiger partial charge in [-0.25, -0.2) is 4.79 Å². The van der Waals surface area contributed by atoms with Crippen LogP contribution in [0.1, 0.15) is 51.0 Å². The van der Waals surface area contributed by atoms with Gasteiger partial charge >= 0.3 is 6.03 Å². The molecule has 1 saturated heterocycles. The third-order valence-electron chi connectivity index (χ3n) is 5.02. The summed E-state index contributed by atoms with van der Waals surface area (Å²) < 4.78 is 0. The molecule has 1 aliphatic heterocycles. The second kappa shape index (κ2) is 8.37. The van der Waals surface area contributed by atoms with E-state index in [1.807, 2.05) is 12.1 Å². The minimum Gasteiger partial charge on any atom is -0.335 e. The first kappa shape index (κ1) is 17.8. The van der Waals surface area contributed by atoms with Crippen molar-refractivity contribution in [2.45, 2.75) is 57.9 Å². The molecule has 136 valence electrons. The molecule has 0 spiro atoms.